The average Bonchev–Trinajstić information content (AvgIpc) is 2.39. The molecule has 1 aromatic heterocycles. The van der Waals surface area contributed by atoms with E-state index >= 15 is 0 Å². The van der Waals surface area contributed by atoms with Crippen LogP contribution in [0.5, 0.6) is 0 Å². The smallest absolute Gasteiger partial charge is 0.405 e. The summed E-state index contributed by atoms with van der Waals surface area (Å²) in [6.45, 7) is 0. The molecule has 0 unspecified atom stereocenters. The number of hydrogen-bond acceptors (Lipinski definition) is 2. The van der Waals surface area contributed by atoms with Crippen LogP contribution in [0.3, 0.4) is 0 Å². The molecule has 0 aliphatic heterocycles. The maximum Gasteiger partial charge on any atom is 0.405 e. The van der Waals surface area contributed by atoms with Crippen LogP contribution in [0.2, 0.25) is 0 Å². The Morgan fingerprint density at radius 2 is 1.86 bits per heavy atom. The molecule has 0 saturated carbocycles. The van der Waals surface area contributed by atoms with Gasteiger partial charge in [-0.05, 0) is 68.1 Å². The summed E-state index contributed by atoms with van der Waals surface area (Å²) in [7, 11) is 0. The van der Waals surface area contributed by atoms with Crippen LogP contribution in [0.1, 0.15) is 17.3 Å². The molecule has 2 rings (SSSR count). The SMILES string of the molecule is O=C(O)N[C@@H](Cc1cc(F)cc(F)c1)c1nc(Br)ccc1Br. The molecule has 0 spiro atoms. The highest BCUT2D eigenvalue weighted by molar-refractivity contribution is 9.11. The molecule has 1 heterocycles. The molecule has 8 heteroatoms. The van der Waals surface area contributed by atoms with Gasteiger partial charge in [0.2, 0.25) is 0 Å². The molecule has 2 aromatic rings. The van der Waals surface area contributed by atoms with Crippen molar-refractivity contribution in [2.45, 2.75) is 12.5 Å². The highest BCUT2D eigenvalue weighted by Crippen LogP contribution is 2.27. The predicted octanol–water partition coefficient (Wildman–Crippen LogP) is 4.44. The molecule has 0 saturated heterocycles. The van der Waals surface area contributed by atoms with E-state index in [1.165, 1.54) is 0 Å². The molecule has 116 valence electrons. The summed E-state index contributed by atoms with van der Waals surface area (Å²) in [6, 6.07) is 5.71. The first kappa shape index (κ1) is 16.8. The molecule has 0 bridgehead atoms. The van der Waals surface area contributed by atoms with E-state index in [1.807, 2.05) is 0 Å². The highest BCUT2D eigenvalue weighted by atomic mass is 79.9. The molecule has 0 aliphatic rings. The van der Waals surface area contributed by atoms with E-state index in [9.17, 15) is 13.6 Å². The molecular weight excluding hydrogens is 426 g/mol. The van der Waals surface area contributed by atoms with Gasteiger partial charge in [-0.15, -0.1) is 0 Å². The quantitative estimate of drug-likeness (QED) is 0.698. The van der Waals surface area contributed by atoms with Gasteiger partial charge in [0.15, 0.2) is 0 Å². The van der Waals surface area contributed by atoms with Gasteiger partial charge in [-0.2, -0.15) is 0 Å². The van der Waals surface area contributed by atoms with Gasteiger partial charge in [0, 0.05) is 10.5 Å². The Labute approximate surface area is 141 Å². The fourth-order valence-electron chi connectivity index (χ4n) is 2.01. The first-order valence-electron chi connectivity index (χ1n) is 6.11. The average molecular weight is 436 g/mol. The molecule has 1 amide bonds. The molecule has 0 fully saturated rings. The van der Waals surface area contributed by atoms with E-state index in [-0.39, 0.29) is 6.42 Å². The van der Waals surface area contributed by atoms with Gasteiger partial charge < -0.3 is 10.4 Å². The lowest BCUT2D eigenvalue weighted by Gasteiger charge is -2.18. The zero-order valence-electron chi connectivity index (χ0n) is 11.0. The largest absolute Gasteiger partial charge is 0.465 e. The molecule has 4 nitrogen and oxygen atoms in total. The van der Waals surface area contributed by atoms with Crippen LogP contribution in [0.25, 0.3) is 0 Å². The van der Waals surface area contributed by atoms with Gasteiger partial charge in [-0.1, -0.05) is 0 Å². The van der Waals surface area contributed by atoms with Crippen LogP contribution >= 0.6 is 31.9 Å². The third-order valence-corrected chi connectivity index (χ3v) is 3.94. The Bertz CT molecular complexity index is 693. The number of nitrogens with zero attached hydrogens (tertiary/aromatic N) is 1. The minimum absolute atomic E-state index is 0.0586. The van der Waals surface area contributed by atoms with Crippen LogP contribution in [-0.4, -0.2) is 16.2 Å². The highest BCUT2D eigenvalue weighted by Gasteiger charge is 2.20. The van der Waals surface area contributed by atoms with Gasteiger partial charge >= 0.3 is 6.09 Å². The summed E-state index contributed by atoms with van der Waals surface area (Å²) >= 11 is 6.51. The number of amides is 1. The van der Waals surface area contributed by atoms with Crippen molar-refractivity contribution in [1.82, 2.24) is 10.3 Å². The molecule has 0 radical (unpaired) electrons. The first-order chi connectivity index (χ1) is 10.3. The van der Waals surface area contributed by atoms with Crippen LogP contribution < -0.4 is 5.32 Å². The molecule has 22 heavy (non-hydrogen) atoms. The summed E-state index contributed by atoms with van der Waals surface area (Å²) in [5, 5.41) is 11.3. The van der Waals surface area contributed by atoms with E-state index in [2.05, 4.69) is 42.2 Å². The number of benzene rings is 1. The van der Waals surface area contributed by atoms with Crippen molar-refractivity contribution in [3.8, 4) is 0 Å². The molecule has 1 atom stereocenters. The molecule has 0 aliphatic carbocycles. The topological polar surface area (TPSA) is 62.2 Å². The van der Waals surface area contributed by atoms with Crippen molar-refractivity contribution < 1.29 is 18.7 Å². The van der Waals surface area contributed by atoms with E-state index < -0.39 is 23.8 Å². The van der Waals surface area contributed by atoms with Crippen molar-refractivity contribution in [2.24, 2.45) is 0 Å². The van der Waals surface area contributed by atoms with Crippen LogP contribution in [-0.2, 0) is 6.42 Å². The van der Waals surface area contributed by atoms with Crippen molar-refractivity contribution in [2.75, 3.05) is 0 Å². The third-order valence-electron chi connectivity index (χ3n) is 2.83. The van der Waals surface area contributed by atoms with Crippen LogP contribution in [0, 0.1) is 11.6 Å². The Kier molecular flexibility index (Phi) is 5.47. The molecular formula is C14H10Br2F2N2O2. The maximum absolute atomic E-state index is 13.3. The van der Waals surface area contributed by atoms with E-state index in [0.717, 1.165) is 18.2 Å². The van der Waals surface area contributed by atoms with Gasteiger partial charge in [0.05, 0.1) is 11.7 Å². The molecule has 1 aromatic carbocycles. The first-order valence-corrected chi connectivity index (χ1v) is 7.70. The summed E-state index contributed by atoms with van der Waals surface area (Å²) < 4.78 is 27.7. The fraction of sp³-hybridized carbons (Fsp3) is 0.143. The number of halogens is 4. The minimum atomic E-state index is -1.25. The van der Waals surface area contributed by atoms with Crippen molar-refractivity contribution in [3.05, 3.63) is 62.3 Å². The zero-order chi connectivity index (χ0) is 16.3. The third kappa shape index (κ3) is 4.48. The second-order valence-electron chi connectivity index (χ2n) is 4.48. The Morgan fingerprint density at radius 1 is 1.23 bits per heavy atom. The van der Waals surface area contributed by atoms with Gasteiger partial charge in [0.1, 0.15) is 16.2 Å². The van der Waals surface area contributed by atoms with E-state index in [1.54, 1.807) is 12.1 Å². The predicted molar refractivity (Wildman–Crippen MR) is 83.6 cm³/mol. The Balaban J connectivity index is 2.37. The standard InChI is InChI=1S/C14H10Br2F2N2O2/c15-10-1-2-12(16)20-13(10)11(19-14(21)22)5-7-3-8(17)6-9(18)4-7/h1-4,6,11,19H,5H2,(H,21,22)/t11-/m0/s1. The normalized spacial score (nSPS) is 12.0. The number of carboxylic acid groups (broad SMARTS) is 1. The van der Waals surface area contributed by atoms with Crippen molar-refractivity contribution in [3.63, 3.8) is 0 Å². The van der Waals surface area contributed by atoms with Gasteiger partial charge in [0.25, 0.3) is 0 Å². The monoisotopic (exact) mass is 434 g/mol. The minimum Gasteiger partial charge on any atom is -0.465 e. The van der Waals surface area contributed by atoms with Gasteiger partial charge in [-0.3, -0.25) is 0 Å². The van der Waals surface area contributed by atoms with Crippen molar-refractivity contribution >= 4 is 38.0 Å². The maximum atomic E-state index is 13.3. The van der Waals surface area contributed by atoms with Gasteiger partial charge in [-0.25, -0.2) is 18.6 Å². The van der Waals surface area contributed by atoms with Crippen molar-refractivity contribution in [1.29, 1.82) is 0 Å². The summed E-state index contributed by atoms with van der Waals surface area (Å²) in [4.78, 5) is 15.2. The Morgan fingerprint density at radius 3 is 2.45 bits per heavy atom. The lowest BCUT2D eigenvalue weighted by Crippen LogP contribution is -2.29. The summed E-state index contributed by atoms with van der Waals surface area (Å²) in [6.07, 6.45) is -1.20. The number of carbonyl (C=O) groups is 1. The van der Waals surface area contributed by atoms with Crippen LogP contribution in [0.15, 0.2) is 39.4 Å². The summed E-state index contributed by atoms with van der Waals surface area (Å²) in [5.74, 6) is -1.43. The zero-order valence-corrected chi connectivity index (χ0v) is 14.2. The summed E-state index contributed by atoms with van der Waals surface area (Å²) in [5.41, 5.74) is 0.742. The number of aromatic nitrogens is 1. The van der Waals surface area contributed by atoms with E-state index in [0.29, 0.717) is 20.3 Å². The number of pyridine rings is 1. The number of rotatable bonds is 4. The second kappa shape index (κ2) is 7.15. The lowest BCUT2D eigenvalue weighted by atomic mass is 10.0. The Hall–Kier alpha value is -1.54. The van der Waals surface area contributed by atoms with Crippen LogP contribution in [0.4, 0.5) is 13.6 Å². The number of nitrogens with one attached hydrogen (secondary N) is 1. The number of hydrogen-bond donors (Lipinski definition) is 2. The lowest BCUT2D eigenvalue weighted by molar-refractivity contribution is 0.189. The van der Waals surface area contributed by atoms with E-state index in [4.69, 9.17) is 5.11 Å². The fourth-order valence-corrected chi connectivity index (χ4v) is 2.83. The second-order valence-corrected chi connectivity index (χ2v) is 6.15. The molecule has 2 N–H and O–H groups in total.